The average Bonchev–Trinajstić information content (AvgIpc) is 3.17. The van der Waals surface area contributed by atoms with E-state index >= 15 is 0 Å². The third-order valence-corrected chi connectivity index (χ3v) is 6.84. The summed E-state index contributed by atoms with van der Waals surface area (Å²) in [5.41, 5.74) is 3.10. The van der Waals surface area contributed by atoms with Gasteiger partial charge >= 0.3 is 0 Å². The Morgan fingerprint density at radius 1 is 1.20 bits per heavy atom. The third-order valence-electron chi connectivity index (χ3n) is 5.85. The van der Waals surface area contributed by atoms with Gasteiger partial charge in [-0.25, -0.2) is 0 Å². The predicted octanol–water partition coefficient (Wildman–Crippen LogP) is 4.04. The van der Waals surface area contributed by atoms with Crippen molar-refractivity contribution in [2.75, 3.05) is 26.3 Å². The Morgan fingerprint density at radius 2 is 2.00 bits per heavy atom. The zero-order valence-corrected chi connectivity index (χ0v) is 15.7. The van der Waals surface area contributed by atoms with Crippen molar-refractivity contribution in [3.8, 4) is 0 Å². The van der Waals surface area contributed by atoms with Gasteiger partial charge in [0.1, 0.15) is 0 Å². The predicted molar refractivity (Wildman–Crippen MR) is 102 cm³/mol. The molecule has 25 heavy (non-hydrogen) atoms. The molecule has 1 aliphatic heterocycles. The van der Waals surface area contributed by atoms with Crippen LogP contribution in [0.4, 0.5) is 0 Å². The SMILES string of the molecule is Cc1ccc(CN2CCC3(CC2)C[C@@H](OCCO)c2ccccc23)s1. The molecule has 1 aromatic heterocycles. The van der Waals surface area contributed by atoms with E-state index < -0.39 is 0 Å². The number of nitrogens with zero attached hydrogens (tertiary/aromatic N) is 1. The van der Waals surface area contributed by atoms with Crippen LogP contribution < -0.4 is 0 Å². The second-order valence-electron chi connectivity index (χ2n) is 7.44. The van der Waals surface area contributed by atoms with Crippen LogP contribution in [0, 0.1) is 6.92 Å². The van der Waals surface area contributed by atoms with E-state index in [9.17, 15) is 0 Å². The normalized spacial score (nSPS) is 22.4. The van der Waals surface area contributed by atoms with Gasteiger partial charge in [0, 0.05) is 21.7 Å². The first-order valence-electron chi connectivity index (χ1n) is 9.30. The smallest absolute Gasteiger partial charge is 0.0837 e. The highest BCUT2D eigenvalue weighted by molar-refractivity contribution is 7.11. The number of piperidine rings is 1. The summed E-state index contributed by atoms with van der Waals surface area (Å²) in [6.07, 6.45) is 3.62. The highest BCUT2D eigenvalue weighted by Crippen LogP contribution is 2.52. The summed E-state index contributed by atoms with van der Waals surface area (Å²) >= 11 is 1.92. The zero-order chi connectivity index (χ0) is 17.3. The highest BCUT2D eigenvalue weighted by Gasteiger charge is 2.45. The Kier molecular flexibility index (Phi) is 4.96. The van der Waals surface area contributed by atoms with E-state index in [4.69, 9.17) is 9.84 Å². The first-order chi connectivity index (χ1) is 12.2. The summed E-state index contributed by atoms with van der Waals surface area (Å²) in [7, 11) is 0. The Hall–Kier alpha value is -1.20. The van der Waals surface area contributed by atoms with E-state index in [1.165, 1.54) is 33.7 Å². The van der Waals surface area contributed by atoms with Gasteiger partial charge in [0.2, 0.25) is 0 Å². The summed E-state index contributed by atoms with van der Waals surface area (Å²) in [5, 5.41) is 9.12. The summed E-state index contributed by atoms with van der Waals surface area (Å²) in [6, 6.07) is 13.3. The van der Waals surface area contributed by atoms with Gasteiger partial charge in [0.25, 0.3) is 0 Å². The van der Waals surface area contributed by atoms with Crippen LogP contribution in [-0.2, 0) is 16.7 Å². The number of ether oxygens (including phenoxy) is 1. The molecule has 134 valence electrons. The number of aliphatic hydroxyl groups is 1. The minimum Gasteiger partial charge on any atom is -0.394 e. The second-order valence-corrected chi connectivity index (χ2v) is 8.82. The molecule has 2 aliphatic rings. The summed E-state index contributed by atoms with van der Waals surface area (Å²) in [6.45, 7) is 6.09. The van der Waals surface area contributed by atoms with E-state index in [0.29, 0.717) is 6.61 Å². The molecule has 0 radical (unpaired) electrons. The molecule has 4 heteroatoms. The lowest BCUT2D eigenvalue weighted by molar-refractivity contribution is 0.0128. The average molecular weight is 358 g/mol. The van der Waals surface area contributed by atoms with Gasteiger partial charge in [-0.1, -0.05) is 24.3 Å². The summed E-state index contributed by atoms with van der Waals surface area (Å²) in [5.74, 6) is 0. The fourth-order valence-electron chi connectivity index (χ4n) is 4.58. The number of likely N-dealkylation sites (tertiary alicyclic amines) is 1. The molecule has 2 heterocycles. The van der Waals surface area contributed by atoms with Crippen LogP contribution in [0.5, 0.6) is 0 Å². The van der Waals surface area contributed by atoms with Gasteiger partial charge in [-0.3, -0.25) is 4.90 Å². The molecule has 1 saturated heterocycles. The molecule has 0 saturated carbocycles. The first-order valence-corrected chi connectivity index (χ1v) is 10.1. The zero-order valence-electron chi connectivity index (χ0n) is 14.9. The van der Waals surface area contributed by atoms with E-state index in [-0.39, 0.29) is 18.1 Å². The van der Waals surface area contributed by atoms with Crippen LogP contribution in [0.15, 0.2) is 36.4 Å². The van der Waals surface area contributed by atoms with Crippen LogP contribution in [-0.4, -0.2) is 36.3 Å². The van der Waals surface area contributed by atoms with Crippen molar-refractivity contribution in [1.82, 2.24) is 4.90 Å². The maximum absolute atomic E-state index is 9.12. The standard InChI is InChI=1S/C21H27NO2S/c1-16-6-7-17(25-16)15-22-10-8-21(9-11-22)14-20(24-13-12-23)18-4-2-3-5-19(18)21/h2-7,20,23H,8-15H2,1H3/t20-/m1/s1. The molecule has 1 aliphatic carbocycles. The minimum atomic E-state index is 0.0969. The van der Waals surface area contributed by atoms with Crippen molar-refractivity contribution in [2.24, 2.45) is 0 Å². The molecule has 0 amide bonds. The van der Waals surface area contributed by atoms with Crippen LogP contribution in [0.25, 0.3) is 0 Å². The molecular weight excluding hydrogens is 330 g/mol. The number of hydrogen-bond acceptors (Lipinski definition) is 4. The van der Waals surface area contributed by atoms with Crippen LogP contribution >= 0.6 is 11.3 Å². The van der Waals surface area contributed by atoms with Gasteiger partial charge in [-0.15, -0.1) is 11.3 Å². The van der Waals surface area contributed by atoms with Crippen molar-refractivity contribution in [3.05, 3.63) is 57.3 Å². The van der Waals surface area contributed by atoms with Crippen molar-refractivity contribution in [3.63, 3.8) is 0 Å². The molecule has 3 nitrogen and oxygen atoms in total. The van der Waals surface area contributed by atoms with E-state index in [1.807, 2.05) is 11.3 Å². The molecule has 1 spiro atoms. The van der Waals surface area contributed by atoms with Crippen LogP contribution in [0.2, 0.25) is 0 Å². The highest BCUT2D eigenvalue weighted by atomic mass is 32.1. The van der Waals surface area contributed by atoms with Crippen molar-refractivity contribution >= 4 is 11.3 Å². The quantitative estimate of drug-likeness (QED) is 0.876. The van der Waals surface area contributed by atoms with E-state index in [1.54, 1.807) is 0 Å². The molecule has 0 bridgehead atoms. The van der Waals surface area contributed by atoms with E-state index in [2.05, 4.69) is 48.2 Å². The lowest BCUT2D eigenvalue weighted by atomic mass is 9.73. The van der Waals surface area contributed by atoms with E-state index in [0.717, 1.165) is 26.1 Å². The van der Waals surface area contributed by atoms with Crippen LogP contribution in [0.1, 0.15) is 46.2 Å². The minimum absolute atomic E-state index is 0.0969. The Bertz CT molecular complexity index is 718. The maximum atomic E-state index is 9.12. The topological polar surface area (TPSA) is 32.7 Å². The van der Waals surface area contributed by atoms with Crippen molar-refractivity contribution in [2.45, 2.75) is 44.2 Å². The Morgan fingerprint density at radius 3 is 2.72 bits per heavy atom. The molecule has 1 N–H and O–H groups in total. The Balaban J connectivity index is 1.46. The molecule has 0 unspecified atom stereocenters. The first kappa shape index (κ1) is 17.2. The maximum Gasteiger partial charge on any atom is 0.0837 e. The summed E-state index contributed by atoms with van der Waals surface area (Å²) in [4.78, 5) is 5.47. The molecule has 1 atom stereocenters. The Labute approximate surface area is 154 Å². The van der Waals surface area contributed by atoms with Gasteiger partial charge in [-0.2, -0.15) is 0 Å². The molecular formula is C21H27NO2S. The number of aryl methyl sites for hydroxylation is 1. The van der Waals surface area contributed by atoms with Gasteiger partial charge in [0.05, 0.1) is 19.3 Å². The van der Waals surface area contributed by atoms with Gasteiger partial charge in [-0.05, 0) is 62.5 Å². The lowest BCUT2D eigenvalue weighted by Gasteiger charge is -2.40. The number of fused-ring (bicyclic) bond motifs is 2. The van der Waals surface area contributed by atoms with Crippen LogP contribution in [0.3, 0.4) is 0 Å². The monoisotopic (exact) mass is 357 g/mol. The van der Waals surface area contributed by atoms with Crippen molar-refractivity contribution in [1.29, 1.82) is 0 Å². The number of hydrogen-bond donors (Lipinski definition) is 1. The van der Waals surface area contributed by atoms with Crippen molar-refractivity contribution < 1.29 is 9.84 Å². The number of thiophene rings is 1. The fourth-order valence-corrected chi connectivity index (χ4v) is 5.52. The summed E-state index contributed by atoms with van der Waals surface area (Å²) < 4.78 is 5.97. The fraction of sp³-hybridized carbons (Fsp3) is 0.524. The lowest BCUT2D eigenvalue weighted by Crippen LogP contribution is -2.41. The largest absolute Gasteiger partial charge is 0.394 e. The van der Waals surface area contributed by atoms with Gasteiger partial charge < -0.3 is 9.84 Å². The molecule has 1 aromatic carbocycles. The molecule has 4 rings (SSSR count). The number of benzene rings is 1. The molecule has 1 fully saturated rings. The number of rotatable bonds is 5. The molecule has 2 aromatic rings. The number of aliphatic hydroxyl groups excluding tert-OH is 1. The van der Waals surface area contributed by atoms with Gasteiger partial charge in [0.15, 0.2) is 0 Å². The second kappa shape index (κ2) is 7.20. The third kappa shape index (κ3) is 3.41.